The molecule has 1 rings (SSSR count). The minimum atomic E-state index is 0.441. The number of nitrogens with two attached hydrogens (primary N) is 1. The lowest BCUT2D eigenvalue weighted by Crippen LogP contribution is -2.48. The fourth-order valence-electron chi connectivity index (χ4n) is 3.59. The largest absolute Gasteiger partial charge is 0.385 e. The summed E-state index contributed by atoms with van der Waals surface area (Å²) < 4.78 is 5.14. The molecule has 102 valence electrons. The van der Waals surface area contributed by atoms with Crippen LogP contribution in [0, 0.1) is 11.3 Å². The molecule has 0 heterocycles. The fraction of sp³-hybridized carbons (Fsp3) is 1.00. The molecular formula is C14H30N2O. The Balaban J connectivity index is 2.58. The summed E-state index contributed by atoms with van der Waals surface area (Å²) >= 11 is 0. The number of rotatable bonds is 8. The van der Waals surface area contributed by atoms with Crippen LogP contribution >= 0.6 is 0 Å². The molecule has 1 fully saturated rings. The average Bonchev–Trinajstić information content (AvgIpc) is 2.73. The van der Waals surface area contributed by atoms with Gasteiger partial charge >= 0.3 is 0 Å². The number of hydrogen-bond donors (Lipinski definition) is 2. The highest BCUT2D eigenvalue weighted by Gasteiger charge is 2.40. The second kappa shape index (κ2) is 7.34. The van der Waals surface area contributed by atoms with Crippen LogP contribution < -0.4 is 11.3 Å². The lowest BCUT2D eigenvalue weighted by molar-refractivity contribution is 0.130. The van der Waals surface area contributed by atoms with Gasteiger partial charge in [0.1, 0.15) is 0 Å². The Bertz CT molecular complexity index is 200. The summed E-state index contributed by atoms with van der Waals surface area (Å²) in [5, 5.41) is 0. The van der Waals surface area contributed by atoms with Crippen molar-refractivity contribution in [2.24, 2.45) is 17.2 Å². The van der Waals surface area contributed by atoms with Crippen molar-refractivity contribution in [2.45, 2.75) is 64.8 Å². The van der Waals surface area contributed by atoms with Gasteiger partial charge in [0.15, 0.2) is 0 Å². The van der Waals surface area contributed by atoms with Gasteiger partial charge in [-0.25, -0.2) is 0 Å². The van der Waals surface area contributed by atoms with Crippen LogP contribution in [0.4, 0.5) is 0 Å². The summed E-state index contributed by atoms with van der Waals surface area (Å²) in [5.74, 6) is 6.56. The third-order valence-electron chi connectivity index (χ3n) is 4.20. The third kappa shape index (κ3) is 4.23. The van der Waals surface area contributed by atoms with Crippen LogP contribution in [0.1, 0.15) is 58.8 Å². The van der Waals surface area contributed by atoms with E-state index in [0.29, 0.717) is 11.5 Å². The van der Waals surface area contributed by atoms with Crippen LogP contribution in [-0.4, -0.2) is 19.8 Å². The maximum absolute atomic E-state index is 5.80. The van der Waals surface area contributed by atoms with Gasteiger partial charge in [-0.2, -0.15) is 0 Å². The molecule has 0 radical (unpaired) electrons. The van der Waals surface area contributed by atoms with E-state index in [1.165, 1.54) is 32.1 Å². The van der Waals surface area contributed by atoms with Gasteiger partial charge in [0.25, 0.3) is 0 Å². The van der Waals surface area contributed by atoms with E-state index in [0.717, 1.165) is 25.4 Å². The Morgan fingerprint density at radius 3 is 2.41 bits per heavy atom. The molecular weight excluding hydrogens is 212 g/mol. The van der Waals surface area contributed by atoms with Crippen molar-refractivity contribution in [2.75, 3.05) is 13.7 Å². The van der Waals surface area contributed by atoms with Crippen molar-refractivity contribution in [3.05, 3.63) is 0 Å². The lowest BCUT2D eigenvalue weighted by atomic mass is 9.71. The first-order valence-electron chi connectivity index (χ1n) is 7.09. The SMILES string of the molecule is COCCCC(NN)C1(CC(C)C)CCCC1. The Kier molecular flexibility index (Phi) is 6.45. The normalized spacial score (nSPS) is 21.0. The molecule has 1 unspecified atom stereocenters. The maximum atomic E-state index is 5.80. The van der Waals surface area contributed by atoms with Gasteiger partial charge in [-0.05, 0) is 43.4 Å². The molecule has 1 atom stereocenters. The Morgan fingerprint density at radius 2 is 1.94 bits per heavy atom. The number of hydrazine groups is 1. The lowest BCUT2D eigenvalue weighted by Gasteiger charge is -2.39. The summed E-state index contributed by atoms with van der Waals surface area (Å²) in [6, 6.07) is 0.461. The van der Waals surface area contributed by atoms with E-state index < -0.39 is 0 Å². The first kappa shape index (κ1) is 14.9. The molecule has 0 bridgehead atoms. The number of methoxy groups -OCH3 is 1. The van der Waals surface area contributed by atoms with Crippen molar-refractivity contribution in [1.29, 1.82) is 0 Å². The molecule has 0 aromatic carbocycles. The van der Waals surface area contributed by atoms with Gasteiger partial charge in [-0.15, -0.1) is 0 Å². The van der Waals surface area contributed by atoms with Crippen LogP contribution in [0.25, 0.3) is 0 Å². The van der Waals surface area contributed by atoms with Crippen molar-refractivity contribution in [1.82, 2.24) is 5.43 Å². The second-order valence-electron chi connectivity index (χ2n) is 6.02. The standard InChI is InChI=1S/C14H30N2O/c1-12(2)11-14(8-4-5-9-14)13(16-15)7-6-10-17-3/h12-13,16H,4-11,15H2,1-3H3. The average molecular weight is 242 g/mol. The van der Waals surface area contributed by atoms with Gasteiger partial charge in [0.05, 0.1) is 0 Å². The molecule has 17 heavy (non-hydrogen) atoms. The van der Waals surface area contributed by atoms with Gasteiger partial charge in [0, 0.05) is 19.8 Å². The Labute approximate surface area is 106 Å². The predicted molar refractivity (Wildman–Crippen MR) is 72.6 cm³/mol. The molecule has 1 aliphatic carbocycles. The molecule has 0 aliphatic heterocycles. The molecule has 0 aromatic rings. The Morgan fingerprint density at radius 1 is 1.29 bits per heavy atom. The Hall–Kier alpha value is -0.120. The van der Waals surface area contributed by atoms with Crippen LogP contribution in [0.3, 0.4) is 0 Å². The fourth-order valence-corrected chi connectivity index (χ4v) is 3.59. The predicted octanol–water partition coefficient (Wildman–Crippen LogP) is 2.85. The zero-order valence-electron chi connectivity index (χ0n) is 11.8. The third-order valence-corrected chi connectivity index (χ3v) is 4.20. The highest BCUT2D eigenvalue weighted by atomic mass is 16.5. The number of hydrogen-bond acceptors (Lipinski definition) is 3. The summed E-state index contributed by atoms with van der Waals surface area (Å²) in [6.45, 7) is 5.49. The van der Waals surface area contributed by atoms with E-state index >= 15 is 0 Å². The van der Waals surface area contributed by atoms with E-state index in [9.17, 15) is 0 Å². The van der Waals surface area contributed by atoms with Crippen LogP contribution in [0.2, 0.25) is 0 Å². The van der Waals surface area contributed by atoms with Crippen molar-refractivity contribution in [3.8, 4) is 0 Å². The topological polar surface area (TPSA) is 47.3 Å². The number of nitrogens with one attached hydrogen (secondary N) is 1. The first-order chi connectivity index (χ1) is 8.14. The van der Waals surface area contributed by atoms with E-state index in [1.54, 1.807) is 7.11 Å². The molecule has 0 spiro atoms. The highest BCUT2D eigenvalue weighted by molar-refractivity contribution is 4.94. The van der Waals surface area contributed by atoms with Crippen molar-refractivity contribution >= 4 is 0 Å². The number of ether oxygens (including phenoxy) is 1. The van der Waals surface area contributed by atoms with Crippen molar-refractivity contribution < 1.29 is 4.74 Å². The monoisotopic (exact) mass is 242 g/mol. The smallest absolute Gasteiger partial charge is 0.0462 e. The molecule has 1 saturated carbocycles. The minimum absolute atomic E-state index is 0.441. The quantitative estimate of drug-likeness (QED) is 0.391. The highest BCUT2D eigenvalue weighted by Crippen LogP contribution is 2.46. The maximum Gasteiger partial charge on any atom is 0.0462 e. The molecule has 3 heteroatoms. The summed E-state index contributed by atoms with van der Waals surface area (Å²) in [4.78, 5) is 0. The summed E-state index contributed by atoms with van der Waals surface area (Å²) in [7, 11) is 1.77. The first-order valence-corrected chi connectivity index (χ1v) is 7.09. The van der Waals surface area contributed by atoms with E-state index in [2.05, 4.69) is 19.3 Å². The van der Waals surface area contributed by atoms with Gasteiger partial charge in [-0.1, -0.05) is 26.7 Å². The van der Waals surface area contributed by atoms with Crippen molar-refractivity contribution in [3.63, 3.8) is 0 Å². The van der Waals surface area contributed by atoms with Gasteiger partial charge < -0.3 is 4.74 Å². The molecule has 0 saturated heterocycles. The summed E-state index contributed by atoms with van der Waals surface area (Å²) in [6.07, 6.45) is 8.96. The zero-order valence-corrected chi connectivity index (χ0v) is 11.8. The van der Waals surface area contributed by atoms with Crippen LogP contribution in [0.5, 0.6) is 0 Å². The zero-order chi connectivity index (χ0) is 12.7. The van der Waals surface area contributed by atoms with Gasteiger partial charge in [-0.3, -0.25) is 11.3 Å². The van der Waals surface area contributed by atoms with Crippen LogP contribution in [0.15, 0.2) is 0 Å². The molecule has 3 nitrogen and oxygen atoms in total. The molecule has 3 N–H and O–H groups in total. The molecule has 1 aliphatic rings. The summed E-state index contributed by atoms with van der Waals surface area (Å²) in [5.41, 5.74) is 3.53. The van der Waals surface area contributed by atoms with Crippen LogP contribution in [-0.2, 0) is 4.74 Å². The van der Waals surface area contributed by atoms with E-state index in [-0.39, 0.29) is 0 Å². The van der Waals surface area contributed by atoms with E-state index in [1.807, 2.05) is 0 Å². The van der Waals surface area contributed by atoms with E-state index in [4.69, 9.17) is 10.6 Å². The second-order valence-corrected chi connectivity index (χ2v) is 6.02. The molecule has 0 aromatic heterocycles. The molecule has 0 amide bonds. The minimum Gasteiger partial charge on any atom is -0.385 e. The van der Waals surface area contributed by atoms with Gasteiger partial charge in [0.2, 0.25) is 0 Å².